The maximum absolute atomic E-state index is 11.8. The predicted octanol–water partition coefficient (Wildman–Crippen LogP) is 3.13. The lowest BCUT2D eigenvalue weighted by atomic mass is 10.1. The Hall–Kier alpha value is -2.10. The zero-order valence-electron chi connectivity index (χ0n) is 11.6. The third-order valence-electron chi connectivity index (χ3n) is 2.26. The Labute approximate surface area is 112 Å². The molecule has 0 heterocycles. The summed E-state index contributed by atoms with van der Waals surface area (Å²) < 4.78 is 5.23. The molecule has 0 unspecified atom stereocenters. The summed E-state index contributed by atoms with van der Waals surface area (Å²) in [4.78, 5) is 22.5. The van der Waals surface area contributed by atoms with Gasteiger partial charge in [0, 0.05) is 5.57 Å². The van der Waals surface area contributed by atoms with Gasteiger partial charge in [0.15, 0.2) is 0 Å². The van der Waals surface area contributed by atoms with Crippen LogP contribution in [0, 0.1) is 0 Å². The average molecular weight is 262 g/mol. The molecule has 0 aliphatic carbocycles. The van der Waals surface area contributed by atoms with Crippen LogP contribution < -0.4 is 0 Å². The van der Waals surface area contributed by atoms with Crippen molar-refractivity contribution in [1.29, 1.82) is 0 Å². The van der Waals surface area contributed by atoms with E-state index in [1.54, 1.807) is 45.9 Å². The quantitative estimate of drug-likeness (QED) is 0.671. The number of rotatable bonds is 3. The van der Waals surface area contributed by atoms with Crippen molar-refractivity contribution >= 4 is 18.0 Å². The van der Waals surface area contributed by atoms with Gasteiger partial charge in [-0.25, -0.2) is 9.59 Å². The second-order valence-corrected chi connectivity index (χ2v) is 5.26. The lowest BCUT2D eigenvalue weighted by Gasteiger charge is -2.19. The Morgan fingerprint density at radius 3 is 2.11 bits per heavy atom. The zero-order chi connectivity index (χ0) is 14.6. The molecular weight excluding hydrogens is 244 g/mol. The van der Waals surface area contributed by atoms with Crippen LogP contribution in [0.1, 0.15) is 43.6 Å². The van der Waals surface area contributed by atoms with E-state index < -0.39 is 11.6 Å². The molecule has 4 heteroatoms. The Balaban J connectivity index is 2.84. The zero-order valence-corrected chi connectivity index (χ0v) is 11.6. The van der Waals surface area contributed by atoms with Crippen LogP contribution in [-0.4, -0.2) is 22.6 Å². The van der Waals surface area contributed by atoms with Gasteiger partial charge in [0.2, 0.25) is 0 Å². The molecule has 1 aromatic carbocycles. The molecule has 0 aromatic heterocycles. The van der Waals surface area contributed by atoms with Gasteiger partial charge in [-0.3, -0.25) is 0 Å². The van der Waals surface area contributed by atoms with E-state index in [1.807, 2.05) is 0 Å². The van der Waals surface area contributed by atoms with Crippen molar-refractivity contribution in [1.82, 2.24) is 0 Å². The van der Waals surface area contributed by atoms with Crippen LogP contribution in [0.25, 0.3) is 6.08 Å². The minimum absolute atomic E-state index is 0.215. The maximum Gasteiger partial charge on any atom is 0.335 e. The molecule has 0 radical (unpaired) electrons. The fourth-order valence-electron chi connectivity index (χ4n) is 1.39. The van der Waals surface area contributed by atoms with Crippen LogP contribution in [0.3, 0.4) is 0 Å². The van der Waals surface area contributed by atoms with E-state index in [4.69, 9.17) is 9.84 Å². The first-order chi connectivity index (χ1) is 8.69. The number of carbonyl (C=O) groups is 2. The Morgan fingerprint density at radius 1 is 1.16 bits per heavy atom. The van der Waals surface area contributed by atoms with E-state index in [1.165, 1.54) is 12.1 Å². The Kier molecular flexibility index (Phi) is 4.48. The van der Waals surface area contributed by atoms with Crippen molar-refractivity contribution in [2.45, 2.75) is 33.3 Å². The number of carboxylic acid groups (broad SMARTS) is 1. The number of benzene rings is 1. The summed E-state index contributed by atoms with van der Waals surface area (Å²) in [6, 6.07) is 6.29. The van der Waals surface area contributed by atoms with Crippen LogP contribution in [0.5, 0.6) is 0 Å². The van der Waals surface area contributed by atoms with Gasteiger partial charge < -0.3 is 9.84 Å². The van der Waals surface area contributed by atoms with Crippen molar-refractivity contribution in [2.24, 2.45) is 0 Å². The minimum Gasteiger partial charge on any atom is -0.478 e. The van der Waals surface area contributed by atoms with Crippen LogP contribution in [0.2, 0.25) is 0 Å². The van der Waals surface area contributed by atoms with E-state index in [2.05, 4.69) is 0 Å². The largest absolute Gasteiger partial charge is 0.478 e. The van der Waals surface area contributed by atoms with Crippen molar-refractivity contribution in [3.8, 4) is 0 Å². The number of hydrogen-bond acceptors (Lipinski definition) is 3. The first kappa shape index (κ1) is 15.0. The van der Waals surface area contributed by atoms with Gasteiger partial charge in [-0.15, -0.1) is 0 Å². The second-order valence-electron chi connectivity index (χ2n) is 5.26. The van der Waals surface area contributed by atoms with Crippen LogP contribution in [-0.2, 0) is 9.53 Å². The third kappa shape index (κ3) is 4.95. The summed E-state index contributed by atoms with van der Waals surface area (Å²) in [5.41, 5.74) is 0.915. The normalized spacial score (nSPS) is 12.1. The van der Waals surface area contributed by atoms with E-state index in [-0.39, 0.29) is 11.5 Å². The molecule has 0 bridgehead atoms. The van der Waals surface area contributed by atoms with Gasteiger partial charge in [0.1, 0.15) is 5.60 Å². The first-order valence-electron chi connectivity index (χ1n) is 5.94. The molecule has 0 amide bonds. The minimum atomic E-state index is -0.973. The molecule has 0 saturated carbocycles. The summed E-state index contributed by atoms with van der Waals surface area (Å²) in [6.45, 7) is 7.08. The van der Waals surface area contributed by atoms with Crippen LogP contribution >= 0.6 is 0 Å². The Morgan fingerprint density at radius 2 is 1.68 bits per heavy atom. The molecule has 0 aliphatic heterocycles. The first-order valence-corrected chi connectivity index (χ1v) is 5.94. The standard InChI is InChI=1S/C15H18O4/c1-10(14(18)19-15(2,3)4)9-11-5-7-12(8-6-11)13(16)17/h5-9H,1-4H3,(H,16,17). The molecule has 0 atom stereocenters. The maximum atomic E-state index is 11.8. The molecule has 1 rings (SSSR count). The average Bonchev–Trinajstić information content (AvgIpc) is 2.27. The molecule has 1 N–H and O–H groups in total. The van der Waals surface area contributed by atoms with E-state index in [9.17, 15) is 9.59 Å². The summed E-state index contributed by atoms with van der Waals surface area (Å²) >= 11 is 0. The van der Waals surface area contributed by atoms with Crippen molar-refractivity contribution in [3.05, 3.63) is 41.0 Å². The van der Waals surface area contributed by atoms with Gasteiger partial charge in [-0.2, -0.15) is 0 Å². The molecule has 0 saturated heterocycles. The Bertz CT molecular complexity index is 504. The van der Waals surface area contributed by atoms with Gasteiger partial charge in [0.05, 0.1) is 5.56 Å². The van der Waals surface area contributed by atoms with E-state index in [0.717, 1.165) is 5.56 Å². The molecule has 0 aliphatic rings. The summed E-state index contributed by atoms with van der Waals surface area (Å²) in [5.74, 6) is -1.35. The van der Waals surface area contributed by atoms with E-state index in [0.29, 0.717) is 5.57 Å². The number of hydrogen-bond donors (Lipinski definition) is 1. The fraction of sp³-hybridized carbons (Fsp3) is 0.333. The monoisotopic (exact) mass is 262 g/mol. The molecule has 0 spiro atoms. The molecule has 19 heavy (non-hydrogen) atoms. The molecule has 1 aromatic rings. The topological polar surface area (TPSA) is 63.6 Å². The summed E-state index contributed by atoms with van der Waals surface area (Å²) in [5, 5.41) is 8.78. The number of ether oxygens (including phenoxy) is 1. The fourth-order valence-corrected chi connectivity index (χ4v) is 1.39. The smallest absolute Gasteiger partial charge is 0.335 e. The predicted molar refractivity (Wildman–Crippen MR) is 72.9 cm³/mol. The highest BCUT2D eigenvalue weighted by Crippen LogP contribution is 2.14. The van der Waals surface area contributed by atoms with Gasteiger partial charge >= 0.3 is 11.9 Å². The number of carboxylic acids is 1. The van der Waals surface area contributed by atoms with Gasteiger partial charge in [-0.05, 0) is 51.5 Å². The van der Waals surface area contributed by atoms with Gasteiger partial charge in [0.25, 0.3) is 0 Å². The highest BCUT2D eigenvalue weighted by molar-refractivity contribution is 5.93. The van der Waals surface area contributed by atoms with Crippen molar-refractivity contribution in [2.75, 3.05) is 0 Å². The SMILES string of the molecule is CC(=Cc1ccc(C(=O)O)cc1)C(=O)OC(C)(C)C. The lowest BCUT2D eigenvalue weighted by molar-refractivity contribution is -0.149. The highest BCUT2D eigenvalue weighted by atomic mass is 16.6. The van der Waals surface area contributed by atoms with Crippen molar-refractivity contribution < 1.29 is 19.4 Å². The third-order valence-corrected chi connectivity index (χ3v) is 2.26. The van der Waals surface area contributed by atoms with E-state index >= 15 is 0 Å². The second kappa shape index (κ2) is 5.69. The molecule has 4 nitrogen and oxygen atoms in total. The molecule has 0 fully saturated rings. The lowest BCUT2D eigenvalue weighted by Crippen LogP contribution is -2.24. The number of carbonyl (C=O) groups excluding carboxylic acids is 1. The number of esters is 1. The summed E-state index contributed by atoms with van der Waals surface area (Å²) in [6.07, 6.45) is 1.67. The van der Waals surface area contributed by atoms with Crippen LogP contribution in [0.4, 0.5) is 0 Å². The highest BCUT2D eigenvalue weighted by Gasteiger charge is 2.17. The summed E-state index contributed by atoms with van der Waals surface area (Å²) in [7, 11) is 0. The molecule has 102 valence electrons. The van der Waals surface area contributed by atoms with Gasteiger partial charge in [-0.1, -0.05) is 12.1 Å². The molecular formula is C15H18O4. The van der Waals surface area contributed by atoms with Crippen molar-refractivity contribution in [3.63, 3.8) is 0 Å². The number of aromatic carboxylic acids is 1. The van der Waals surface area contributed by atoms with Crippen LogP contribution in [0.15, 0.2) is 29.8 Å².